The summed E-state index contributed by atoms with van der Waals surface area (Å²) in [5.41, 5.74) is 2.53. The summed E-state index contributed by atoms with van der Waals surface area (Å²) in [6.07, 6.45) is 0. The van der Waals surface area contributed by atoms with Gasteiger partial charge in [-0.3, -0.25) is 14.5 Å². The largest absolute Gasteiger partial charge is 0.497 e. The first-order valence-corrected chi connectivity index (χ1v) is 10.9. The molecule has 3 rings (SSSR count). The molecule has 1 heterocycles. The summed E-state index contributed by atoms with van der Waals surface area (Å²) >= 11 is 0. The minimum absolute atomic E-state index is 0.0618. The van der Waals surface area contributed by atoms with Gasteiger partial charge >= 0.3 is 0 Å². The number of hydrogen-bond acceptors (Lipinski definition) is 6. The molecule has 158 valence electrons. The number of nitrogens with one attached hydrogen (secondary N) is 2. The van der Waals surface area contributed by atoms with E-state index in [1.807, 2.05) is 18.2 Å². The quantitative estimate of drug-likeness (QED) is 0.595. The van der Waals surface area contributed by atoms with Crippen molar-refractivity contribution >= 4 is 38.2 Å². The Balaban J connectivity index is 1.89. The van der Waals surface area contributed by atoms with E-state index in [-0.39, 0.29) is 11.7 Å². The molecule has 0 unspecified atom stereocenters. The molecule has 2 aromatic carbocycles. The third-order valence-electron chi connectivity index (χ3n) is 4.56. The van der Waals surface area contributed by atoms with Crippen molar-refractivity contribution in [3.05, 3.63) is 53.7 Å². The zero-order valence-corrected chi connectivity index (χ0v) is 18.0. The Hall–Kier alpha value is -3.33. The van der Waals surface area contributed by atoms with E-state index in [0.29, 0.717) is 34.1 Å². The van der Waals surface area contributed by atoms with Crippen LogP contribution in [0, 0.1) is 6.92 Å². The zero-order chi connectivity index (χ0) is 21.9. The second-order valence-electron chi connectivity index (χ2n) is 6.55. The van der Waals surface area contributed by atoms with Crippen molar-refractivity contribution in [2.24, 2.45) is 0 Å². The number of hydrogen-bond donors (Lipinski definition) is 2. The van der Waals surface area contributed by atoms with Gasteiger partial charge in [-0.25, -0.2) is 8.42 Å². The molecule has 1 aromatic heterocycles. The molecule has 0 saturated carbocycles. The Bertz CT molecular complexity index is 1210. The lowest BCUT2D eigenvalue weighted by Gasteiger charge is -2.14. The number of ether oxygens (including phenoxy) is 2. The molecule has 0 atom stereocenters. The average Bonchev–Trinajstić information content (AvgIpc) is 2.73. The standard InChI is InChI=1S/C21H23N3O5S/c1-5-30(26,27)24-19-8-6-15(12-20(19)29-4)23-21(25)17-11-14-10-16(28-3)7-9-18(14)22-13(17)2/h6-12,24H,5H2,1-4H3,(H,23,25). The van der Waals surface area contributed by atoms with E-state index in [4.69, 9.17) is 9.47 Å². The van der Waals surface area contributed by atoms with E-state index in [0.717, 1.165) is 10.9 Å². The number of aromatic nitrogens is 1. The van der Waals surface area contributed by atoms with Crippen molar-refractivity contribution in [2.45, 2.75) is 13.8 Å². The van der Waals surface area contributed by atoms with E-state index < -0.39 is 10.0 Å². The van der Waals surface area contributed by atoms with Crippen LogP contribution in [0.1, 0.15) is 23.0 Å². The highest BCUT2D eigenvalue weighted by molar-refractivity contribution is 7.92. The maximum atomic E-state index is 12.9. The number of benzene rings is 2. The summed E-state index contributed by atoms with van der Waals surface area (Å²) in [6.45, 7) is 3.31. The van der Waals surface area contributed by atoms with Crippen LogP contribution < -0.4 is 19.5 Å². The summed E-state index contributed by atoms with van der Waals surface area (Å²) < 4.78 is 36.6. The molecule has 0 fully saturated rings. The molecule has 0 bridgehead atoms. The summed E-state index contributed by atoms with van der Waals surface area (Å²) in [5.74, 6) is 0.569. The Morgan fingerprint density at radius 1 is 1.07 bits per heavy atom. The van der Waals surface area contributed by atoms with Gasteiger partial charge in [0.25, 0.3) is 5.91 Å². The highest BCUT2D eigenvalue weighted by atomic mass is 32.2. The van der Waals surface area contributed by atoms with Gasteiger partial charge in [0, 0.05) is 17.1 Å². The zero-order valence-electron chi connectivity index (χ0n) is 17.1. The molecule has 1 amide bonds. The van der Waals surface area contributed by atoms with Gasteiger partial charge in [0.2, 0.25) is 10.0 Å². The number of carbonyl (C=O) groups is 1. The number of sulfonamides is 1. The first-order valence-electron chi connectivity index (χ1n) is 9.21. The number of nitrogens with zero attached hydrogens (tertiary/aromatic N) is 1. The number of carbonyl (C=O) groups excluding carboxylic acids is 1. The second-order valence-corrected chi connectivity index (χ2v) is 8.57. The third-order valence-corrected chi connectivity index (χ3v) is 5.85. The van der Waals surface area contributed by atoms with Crippen molar-refractivity contribution in [1.29, 1.82) is 0 Å². The molecule has 0 saturated heterocycles. The van der Waals surface area contributed by atoms with Gasteiger partial charge in [0.15, 0.2) is 0 Å². The number of aryl methyl sites for hydroxylation is 1. The molecule has 2 N–H and O–H groups in total. The van der Waals surface area contributed by atoms with E-state index in [9.17, 15) is 13.2 Å². The van der Waals surface area contributed by atoms with Crippen LogP contribution in [-0.4, -0.2) is 39.3 Å². The van der Waals surface area contributed by atoms with Crippen LogP contribution in [0.2, 0.25) is 0 Å². The number of amides is 1. The molecule has 30 heavy (non-hydrogen) atoms. The molecule has 0 spiro atoms. The molecule has 0 radical (unpaired) electrons. The first-order chi connectivity index (χ1) is 14.3. The summed E-state index contributed by atoms with van der Waals surface area (Å²) in [6, 6.07) is 11.9. The number of fused-ring (bicyclic) bond motifs is 1. The van der Waals surface area contributed by atoms with Gasteiger partial charge in [-0.2, -0.15) is 0 Å². The van der Waals surface area contributed by atoms with Crippen LogP contribution in [0.3, 0.4) is 0 Å². The Kier molecular flexibility index (Phi) is 6.12. The SMILES string of the molecule is CCS(=O)(=O)Nc1ccc(NC(=O)c2cc3cc(OC)ccc3nc2C)cc1OC. The Labute approximate surface area is 175 Å². The van der Waals surface area contributed by atoms with E-state index in [1.165, 1.54) is 13.2 Å². The third kappa shape index (κ3) is 4.62. The van der Waals surface area contributed by atoms with Crippen molar-refractivity contribution in [2.75, 3.05) is 30.0 Å². The number of pyridine rings is 1. The van der Waals surface area contributed by atoms with E-state index >= 15 is 0 Å². The number of methoxy groups -OCH3 is 2. The maximum Gasteiger partial charge on any atom is 0.257 e. The molecular weight excluding hydrogens is 406 g/mol. The van der Waals surface area contributed by atoms with Gasteiger partial charge in [-0.1, -0.05) is 0 Å². The lowest BCUT2D eigenvalue weighted by atomic mass is 10.1. The van der Waals surface area contributed by atoms with Crippen LogP contribution in [0.15, 0.2) is 42.5 Å². The van der Waals surface area contributed by atoms with E-state index in [2.05, 4.69) is 15.0 Å². The molecule has 0 aliphatic heterocycles. The smallest absolute Gasteiger partial charge is 0.257 e. The Morgan fingerprint density at radius 3 is 2.50 bits per heavy atom. The fourth-order valence-electron chi connectivity index (χ4n) is 2.90. The fraction of sp³-hybridized carbons (Fsp3) is 0.238. The van der Waals surface area contributed by atoms with Crippen molar-refractivity contribution in [1.82, 2.24) is 4.98 Å². The fourth-order valence-corrected chi connectivity index (χ4v) is 3.55. The lowest BCUT2D eigenvalue weighted by Crippen LogP contribution is -2.16. The van der Waals surface area contributed by atoms with Crippen LogP contribution in [0.25, 0.3) is 10.9 Å². The van der Waals surface area contributed by atoms with Gasteiger partial charge in [-0.05, 0) is 50.2 Å². The minimum Gasteiger partial charge on any atom is -0.497 e. The monoisotopic (exact) mass is 429 g/mol. The first kappa shape index (κ1) is 21.4. The molecule has 0 aliphatic rings. The summed E-state index contributed by atoms with van der Waals surface area (Å²) in [7, 11) is -0.449. The molecular formula is C21H23N3O5S. The van der Waals surface area contributed by atoms with Crippen LogP contribution in [-0.2, 0) is 10.0 Å². The highest BCUT2D eigenvalue weighted by Gasteiger charge is 2.15. The predicted molar refractivity (Wildman–Crippen MR) is 117 cm³/mol. The van der Waals surface area contributed by atoms with Crippen molar-refractivity contribution in [3.63, 3.8) is 0 Å². The van der Waals surface area contributed by atoms with Crippen LogP contribution in [0.4, 0.5) is 11.4 Å². The van der Waals surface area contributed by atoms with Crippen LogP contribution in [0.5, 0.6) is 11.5 Å². The normalized spacial score (nSPS) is 11.2. The minimum atomic E-state index is -3.45. The van der Waals surface area contributed by atoms with Crippen LogP contribution >= 0.6 is 0 Å². The Morgan fingerprint density at radius 2 is 1.83 bits per heavy atom. The number of rotatable bonds is 7. The average molecular weight is 429 g/mol. The van der Waals surface area contributed by atoms with Crippen molar-refractivity contribution in [3.8, 4) is 11.5 Å². The summed E-state index contributed by atoms with van der Waals surface area (Å²) in [5, 5.41) is 3.59. The van der Waals surface area contributed by atoms with Gasteiger partial charge in [0.1, 0.15) is 11.5 Å². The molecule has 8 nitrogen and oxygen atoms in total. The van der Waals surface area contributed by atoms with Crippen molar-refractivity contribution < 1.29 is 22.7 Å². The van der Waals surface area contributed by atoms with Gasteiger partial charge in [-0.15, -0.1) is 0 Å². The maximum absolute atomic E-state index is 12.9. The van der Waals surface area contributed by atoms with Gasteiger partial charge in [0.05, 0.1) is 42.4 Å². The summed E-state index contributed by atoms with van der Waals surface area (Å²) in [4.78, 5) is 17.4. The predicted octanol–water partition coefficient (Wildman–Crippen LogP) is 3.57. The van der Waals surface area contributed by atoms with Gasteiger partial charge < -0.3 is 14.8 Å². The highest BCUT2D eigenvalue weighted by Crippen LogP contribution is 2.29. The van der Waals surface area contributed by atoms with E-state index in [1.54, 1.807) is 39.2 Å². The second kappa shape index (κ2) is 8.58. The lowest BCUT2D eigenvalue weighted by molar-refractivity contribution is 0.102. The number of anilines is 2. The molecule has 9 heteroatoms. The molecule has 0 aliphatic carbocycles. The topological polar surface area (TPSA) is 107 Å². The molecule has 3 aromatic rings.